The lowest BCUT2D eigenvalue weighted by Crippen LogP contribution is -2.29. The second kappa shape index (κ2) is 7.22. The van der Waals surface area contributed by atoms with Crippen LogP contribution in [-0.2, 0) is 6.42 Å². The highest BCUT2D eigenvalue weighted by molar-refractivity contribution is 9.10. The van der Waals surface area contributed by atoms with Gasteiger partial charge in [-0.2, -0.15) is 0 Å². The molecule has 0 saturated heterocycles. The maximum atomic E-state index is 3.67. The third-order valence-electron chi connectivity index (χ3n) is 3.28. The molecule has 3 heteroatoms. The third-order valence-corrected chi connectivity index (χ3v) is 5.33. The summed E-state index contributed by atoms with van der Waals surface area (Å²) in [4.78, 5) is 1.38. The second-order valence-corrected chi connectivity index (χ2v) is 6.75. The van der Waals surface area contributed by atoms with E-state index in [1.807, 2.05) is 0 Å². The van der Waals surface area contributed by atoms with Crippen LogP contribution < -0.4 is 5.32 Å². The molecule has 0 fully saturated rings. The van der Waals surface area contributed by atoms with Crippen LogP contribution in [0.1, 0.15) is 36.8 Å². The first-order valence-corrected chi connectivity index (χ1v) is 8.37. The number of rotatable bonds is 6. The fraction of sp³-hybridized carbons (Fsp3) is 0.375. The summed E-state index contributed by atoms with van der Waals surface area (Å²) >= 11 is 5.41. The first kappa shape index (κ1) is 14.8. The Morgan fingerprint density at radius 2 is 1.89 bits per heavy atom. The predicted molar refractivity (Wildman–Crippen MR) is 87.8 cm³/mol. The maximum absolute atomic E-state index is 3.67. The lowest BCUT2D eigenvalue weighted by Gasteiger charge is -2.19. The van der Waals surface area contributed by atoms with E-state index >= 15 is 0 Å². The van der Waals surface area contributed by atoms with Crippen LogP contribution in [0.15, 0.2) is 46.3 Å². The maximum Gasteiger partial charge on any atom is 0.0399 e. The van der Waals surface area contributed by atoms with Gasteiger partial charge in [-0.3, -0.25) is 0 Å². The SMILES string of the molecule is CC(CCc1ccccc1)NC(C)c1sccc1Br. The van der Waals surface area contributed by atoms with Crippen LogP contribution in [0.3, 0.4) is 0 Å². The summed E-state index contributed by atoms with van der Waals surface area (Å²) in [6.45, 7) is 4.50. The Morgan fingerprint density at radius 1 is 1.16 bits per heavy atom. The van der Waals surface area contributed by atoms with Crippen molar-refractivity contribution in [1.82, 2.24) is 5.32 Å². The Bertz CT molecular complexity index is 494. The molecule has 2 atom stereocenters. The summed E-state index contributed by atoms with van der Waals surface area (Å²) in [6.07, 6.45) is 2.30. The van der Waals surface area contributed by atoms with E-state index in [2.05, 4.69) is 76.9 Å². The number of hydrogen-bond acceptors (Lipinski definition) is 2. The molecular weight excluding hydrogens is 318 g/mol. The zero-order valence-corrected chi connectivity index (χ0v) is 13.8. The van der Waals surface area contributed by atoms with Crippen molar-refractivity contribution in [1.29, 1.82) is 0 Å². The number of thiophene rings is 1. The molecule has 2 unspecified atom stereocenters. The van der Waals surface area contributed by atoms with Crippen molar-refractivity contribution in [2.24, 2.45) is 0 Å². The lowest BCUT2D eigenvalue weighted by atomic mass is 10.1. The molecule has 0 spiro atoms. The summed E-state index contributed by atoms with van der Waals surface area (Å²) in [5.41, 5.74) is 1.42. The topological polar surface area (TPSA) is 12.0 Å². The summed E-state index contributed by atoms with van der Waals surface area (Å²) in [7, 11) is 0. The van der Waals surface area contributed by atoms with Gasteiger partial charge in [0.25, 0.3) is 0 Å². The number of benzene rings is 1. The van der Waals surface area contributed by atoms with E-state index in [0.717, 1.165) is 12.8 Å². The Morgan fingerprint density at radius 3 is 2.53 bits per heavy atom. The average molecular weight is 338 g/mol. The average Bonchev–Trinajstić information content (AvgIpc) is 2.84. The van der Waals surface area contributed by atoms with Gasteiger partial charge in [0, 0.05) is 21.4 Å². The molecule has 0 aliphatic carbocycles. The lowest BCUT2D eigenvalue weighted by molar-refractivity contribution is 0.459. The summed E-state index contributed by atoms with van der Waals surface area (Å²) in [5.74, 6) is 0. The molecule has 0 saturated carbocycles. The minimum absolute atomic E-state index is 0.403. The van der Waals surface area contributed by atoms with Gasteiger partial charge in [0.15, 0.2) is 0 Å². The van der Waals surface area contributed by atoms with Crippen LogP contribution in [0.5, 0.6) is 0 Å². The van der Waals surface area contributed by atoms with Crippen molar-refractivity contribution < 1.29 is 0 Å². The van der Waals surface area contributed by atoms with Gasteiger partial charge in [-0.15, -0.1) is 11.3 Å². The van der Waals surface area contributed by atoms with Crippen LogP contribution in [-0.4, -0.2) is 6.04 Å². The van der Waals surface area contributed by atoms with Crippen LogP contribution in [0.4, 0.5) is 0 Å². The van der Waals surface area contributed by atoms with Gasteiger partial charge in [0.05, 0.1) is 0 Å². The van der Waals surface area contributed by atoms with E-state index in [4.69, 9.17) is 0 Å². The van der Waals surface area contributed by atoms with Gasteiger partial charge < -0.3 is 5.32 Å². The molecule has 1 nitrogen and oxygen atoms in total. The number of hydrogen-bond donors (Lipinski definition) is 1. The molecular formula is C16H20BrNS. The van der Waals surface area contributed by atoms with E-state index in [-0.39, 0.29) is 0 Å². The molecule has 102 valence electrons. The number of aryl methyl sites for hydroxylation is 1. The van der Waals surface area contributed by atoms with Crippen molar-refractivity contribution in [2.75, 3.05) is 0 Å². The summed E-state index contributed by atoms with van der Waals surface area (Å²) in [6, 6.07) is 13.7. The first-order chi connectivity index (χ1) is 9.16. The molecule has 0 aliphatic heterocycles. The molecule has 1 aromatic carbocycles. The molecule has 1 heterocycles. The first-order valence-electron chi connectivity index (χ1n) is 6.69. The van der Waals surface area contributed by atoms with Gasteiger partial charge in [-0.25, -0.2) is 0 Å². The highest BCUT2D eigenvalue weighted by Crippen LogP contribution is 2.29. The molecule has 19 heavy (non-hydrogen) atoms. The third kappa shape index (κ3) is 4.44. The quantitative estimate of drug-likeness (QED) is 0.765. The van der Waals surface area contributed by atoms with E-state index in [0.29, 0.717) is 12.1 Å². The Labute approximate surface area is 128 Å². The largest absolute Gasteiger partial charge is 0.307 e. The Hall–Kier alpha value is -0.640. The fourth-order valence-corrected chi connectivity index (χ4v) is 3.96. The van der Waals surface area contributed by atoms with E-state index < -0.39 is 0 Å². The second-order valence-electron chi connectivity index (χ2n) is 4.95. The monoisotopic (exact) mass is 337 g/mol. The van der Waals surface area contributed by atoms with E-state index in [1.165, 1.54) is 14.9 Å². The molecule has 0 aliphatic rings. The Balaban J connectivity index is 1.81. The van der Waals surface area contributed by atoms with Crippen molar-refractivity contribution in [3.8, 4) is 0 Å². The van der Waals surface area contributed by atoms with Crippen LogP contribution in [0.25, 0.3) is 0 Å². The predicted octanol–water partition coefficient (Wildman–Crippen LogP) is 5.18. The molecule has 1 N–H and O–H groups in total. The molecule has 2 rings (SSSR count). The molecule has 2 aromatic rings. The van der Waals surface area contributed by atoms with Crippen LogP contribution in [0.2, 0.25) is 0 Å². The Kier molecular flexibility index (Phi) is 5.61. The van der Waals surface area contributed by atoms with E-state index in [1.54, 1.807) is 11.3 Å². The van der Waals surface area contributed by atoms with Crippen molar-refractivity contribution in [3.05, 3.63) is 56.7 Å². The van der Waals surface area contributed by atoms with Gasteiger partial charge in [0.2, 0.25) is 0 Å². The van der Waals surface area contributed by atoms with E-state index in [9.17, 15) is 0 Å². The van der Waals surface area contributed by atoms with Crippen molar-refractivity contribution >= 4 is 27.3 Å². The van der Waals surface area contributed by atoms with Gasteiger partial charge in [-0.05, 0) is 59.6 Å². The standard InChI is InChI=1S/C16H20BrNS/c1-12(8-9-14-6-4-3-5-7-14)18-13(2)16-15(17)10-11-19-16/h3-7,10-13,18H,8-9H2,1-2H3. The van der Waals surface area contributed by atoms with Crippen LogP contribution in [0, 0.1) is 0 Å². The van der Waals surface area contributed by atoms with Gasteiger partial charge in [0.1, 0.15) is 0 Å². The smallest absolute Gasteiger partial charge is 0.0399 e. The van der Waals surface area contributed by atoms with Gasteiger partial charge >= 0.3 is 0 Å². The van der Waals surface area contributed by atoms with Crippen molar-refractivity contribution in [2.45, 2.75) is 38.8 Å². The van der Waals surface area contributed by atoms with Gasteiger partial charge in [-0.1, -0.05) is 30.3 Å². The van der Waals surface area contributed by atoms with Crippen LogP contribution >= 0.6 is 27.3 Å². The summed E-state index contributed by atoms with van der Waals surface area (Å²) < 4.78 is 1.22. The molecule has 0 amide bonds. The van der Waals surface area contributed by atoms with Crippen molar-refractivity contribution in [3.63, 3.8) is 0 Å². The normalized spacial score (nSPS) is 14.3. The number of halogens is 1. The zero-order chi connectivity index (χ0) is 13.7. The fourth-order valence-electron chi connectivity index (χ4n) is 2.23. The highest BCUT2D eigenvalue weighted by Gasteiger charge is 2.13. The highest BCUT2D eigenvalue weighted by atomic mass is 79.9. The minimum Gasteiger partial charge on any atom is -0.307 e. The minimum atomic E-state index is 0.403. The molecule has 1 aromatic heterocycles. The zero-order valence-electron chi connectivity index (χ0n) is 11.4. The summed E-state index contributed by atoms with van der Waals surface area (Å²) in [5, 5.41) is 5.80. The molecule has 0 bridgehead atoms. The number of nitrogens with one attached hydrogen (secondary N) is 1. The molecule has 0 radical (unpaired) electrons.